The van der Waals surface area contributed by atoms with Gasteiger partial charge in [-0.15, -0.1) is 0 Å². The summed E-state index contributed by atoms with van der Waals surface area (Å²) in [5, 5.41) is 0. The predicted molar refractivity (Wildman–Crippen MR) is 79.3 cm³/mol. The number of ketones is 1. The molecule has 0 aliphatic carbocycles. The van der Waals surface area contributed by atoms with E-state index in [4.69, 9.17) is 9.47 Å². The summed E-state index contributed by atoms with van der Waals surface area (Å²) in [6.07, 6.45) is 2.74. The van der Waals surface area contributed by atoms with Gasteiger partial charge in [0, 0.05) is 5.56 Å². The average Bonchev–Trinajstić information content (AvgIpc) is 2.52. The SMILES string of the molecule is COc1cccc(OC)c1C(=O)/C=C/c1ccccc1F. The van der Waals surface area contributed by atoms with Crippen molar-refractivity contribution in [3.8, 4) is 11.5 Å². The van der Waals surface area contributed by atoms with Gasteiger partial charge in [0.25, 0.3) is 0 Å². The van der Waals surface area contributed by atoms with Gasteiger partial charge in [0.15, 0.2) is 5.78 Å². The van der Waals surface area contributed by atoms with Gasteiger partial charge in [-0.3, -0.25) is 4.79 Å². The Morgan fingerprint density at radius 1 is 1.00 bits per heavy atom. The fraction of sp³-hybridized carbons (Fsp3) is 0.118. The van der Waals surface area contributed by atoms with Gasteiger partial charge in [-0.25, -0.2) is 4.39 Å². The minimum Gasteiger partial charge on any atom is -0.496 e. The number of ether oxygens (including phenoxy) is 2. The lowest BCUT2D eigenvalue weighted by atomic mass is 10.1. The van der Waals surface area contributed by atoms with E-state index in [9.17, 15) is 9.18 Å². The molecule has 0 aliphatic rings. The van der Waals surface area contributed by atoms with Crippen molar-refractivity contribution in [2.45, 2.75) is 0 Å². The van der Waals surface area contributed by atoms with Crippen LogP contribution in [0.4, 0.5) is 4.39 Å². The van der Waals surface area contributed by atoms with Crippen molar-refractivity contribution in [1.29, 1.82) is 0 Å². The molecule has 0 radical (unpaired) electrons. The van der Waals surface area contributed by atoms with Crippen molar-refractivity contribution in [2.75, 3.05) is 14.2 Å². The average molecular weight is 286 g/mol. The zero-order valence-corrected chi connectivity index (χ0v) is 11.8. The molecule has 0 spiro atoms. The van der Waals surface area contributed by atoms with E-state index in [1.165, 1.54) is 32.4 Å². The molecule has 0 fully saturated rings. The number of hydrogen-bond donors (Lipinski definition) is 0. The maximum atomic E-state index is 13.5. The molecule has 0 heterocycles. The van der Waals surface area contributed by atoms with Crippen molar-refractivity contribution >= 4 is 11.9 Å². The maximum absolute atomic E-state index is 13.5. The third-order valence-corrected chi connectivity index (χ3v) is 2.99. The summed E-state index contributed by atoms with van der Waals surface area (Å²) >= 11 is 0. The molecule has 4 heteroatoms. The zero-order valence-electron chi connectivity index (χ0n) is 11.8. The number of benzene rings is 2. The van der Waals surface area contributed by atoms with E-state index in [-0.39, 0.29) is 11.6 Å². The highest BCUT2D eigenvalue weighted by Crippen LogP contribution is 2.29. The molecule has 2 aromatic carbocycles. The summed E-state index contributed by atoms with van der Waals surface area (Å²) < 4.78 is 23.9. The maximum Gasteiger partial charge on any atom is 0.193 e. The van der Waals surface area contributed by atoms with Crippen LogP contribution in [0.15, 0.2) is 48.5 Å². The van der Waals surface area contributed by atoms with E-state index < -0.39 is 0 Å². The Balaban J connectivity index is 2.35. The molecule has 21 heavy (non-hydrogen) atoms. The summed E-state index contributed by atoms with van der Waals surface area (Å²) in [6, 6.07) is 11.3. The van der Waals surface area contributed by atoms with Gasteiger partial charge >= 0.3 is 0 Å². The summed E-state index contributed by atoms with van der Waals surface area (Å²) in [7, 11) is 2.96. The molecule has 0 aromatic heterocycles. The van der Waals surface area contributed by atoms with E-state index in [2.05, 4.69) is 0 Å². The molecule has 108 valence electrons. The molecular formula is C17H15FO3. The molecule has 2 aromatic rings. The molecule has 0 saturated carbocycles. The Labute approximate surface area is 122 Å². The van der Waals surface area contributed by atoms with Crippen molar-refractivity contribution in [3.05, 3.63) is 65.5 Å². The Morgan fingerprint density at radius 3 is 2.19 bits per heavy atom. The Kier molecular flexibility index (Phi) is 4.72. The number of hydrogen-bond acceptors (Lipinski definition) is 3. The minimum atomic E-state index is -0.381. The highest BCUT2D eigenvalue weighted by Gasteiger charge is 2.15. The molecule has 0 aliphatic heterocycles. The summed E-state index contributed by atoms with van der Waals surface area (Å²) in [5.74, 6) is 0.135. The second-order valence-electron chi connectivity index (χ2n) is 4.26. The standard InChI is InChI=1S/C17H15FO3/c1-20-15-8-5-9-16(21-2)17(15)14(19)11-10-12-6-3-4-7-13(12)18/h3-11H,1-2H3/b11-10+. The van der Waals surface area contributed by atoms with Crippen LogP contribution in [0.5, 0.6) is 11.5 Å². The lowest BCUT2D eigenvalue weighted by Crippen LogP contribution is -2.02. The lowest BCUT2D eigenvalue weighted by molar-refractivity contribution is 0.104. The van der Waals surface area contributed by atoms with Crippen LogP contribution in [0, 0.1) is 5.82 Å². The number of carbonyl (C=O) groups is 1. The topological polar surface area (TPSA) is 35.5 Å². The first-order chi connectivity index (χ1) is 10.2. The molecule has 0 amide bonds. The number of halogens is 1. The molecule has 0 atom stereocenters. The molecule has 3 nitrogen and oxygen atoms in total. The first kappa shape index (κ1) is 14.8. The van der Waals surface area contributed by atoms with Crippen LogP contribution in [0.3, 0.4) is 0 Å². The van der Waals surface area contributed by atoms with E-state index in [0.717, 1.165) is 0 Å². The third kappa shape index (κ3) is 3.28. The van der Waals surface area contributed by atoms with E-state index >= 15 is 0 Å². The van der Waals surface area contributed by atoms with Crippen LogP contribution in [-0.4, -0.2) is 20.0 Å². The summed E-state index contributed by atoms with van der Waals surface area (Å²) in [4.78, 5) is 12.3. The van der Waals surface area contributed by atoms with Crippen LogP contribution in [-0.2, 0) is 0 Å². The van der Waals surface area contributed by atoms with Gasteiger partial charge in [0.05, 0.1) is 14.2 Å². The monoisotopic (exact) mass is 286 g/mol. The second kappa shape index (κ2) is 6.70. The molecule has 2 rings (SSSR count). The fourth-order valence-corrected chi connectivity index (χ4v) is 1.95. The van der Waals surface area contributed by atoms with Crippen LogP contribution < -0.4 is 9.47 Å². The van der Waals surface area contributed by atoms with Crippen molar-refractivity contribution in [1.82, 2.24) is 0 Å². The molecule has 0 saturated heterocycles. The van der Waals surface area contributed by atoms with Gasteiger partial charge in [-0.05, 0) is 30.4 Å². The van der Waals surface area contributed by atoms with Gasteiger partial charge in [-0.1, -0.05) is 24.3 Å². The van der Waals surface area contributed by atoms with Gasteiger partial charge in [-0.2, -0.15) is 0 Å². The van der Waals surface area contributed by atoms with Crippen LogP contribution >= 0.6 is 0 Å². The second-order valence-corrected chi connectivity index (χ2v) is 4.26. The first-order valence-corrected chi connectivity index (χ1v) is 6.35. The Hall–Kier alpha value is -2.62. The van der Waals surface area contributed by atoms with Crippen molar-refractivity contribution < 1.29 is 18.7 Å². The lowest BCUT2D eigenvalue weighted by Gasteiger charge is -2.10. The third-order valence-electron chi connectivity index (χ3n) is 2.99. The van der Waals surface area contributed by atoms with E-state index in [0.29, 0.717) is 22.6 Å². The highest BCUT2D eigenvalue weighted by atomic mass is 19.1. The number of methoxy groups -OCH3 is 2. The van der Waals surface area contributed by atoms with Gasteiger partial charge in [0.2, 0.25) is 0 Å². The quantitative estimate of drug-likeness (QED) is 0.620. The number of allylic oxidation sites excluding steroid dienone is 1. The summed E-state index contributed by atoms with van der Waals surface area (Å²) in [6.45, 7) is 0. The molecular weight excluding hydrogens is 271 g/mol. The predicted octanol–water partition coefficient (Wildman–Crippen LogP) is 3.74. The number of rotatable bonds is 5. The van der Waals surface area contributed by atoms with Gasteiger partial charge in [0.1, 0.15) is 22.9 Å². The Morgan fingerprint density at radius 2 is 1.62 bits per heavy atom. The minimum absolute atomic E-state index is 0.312. The summed E-state index contributed by atoms with van der Waals surface area (Å²) in [5.41, 5.74) is 0.662. The van der Waals surface area contributed by atoms with E-state index in [1.807, 2.05) is 0 Å². The van der Waals surface area contributed by atoms with Crippen LogP contribution in [0.25, 0.3) is 6.08 Å². The fourth-order valence-electron chi connectivity index (χ4n) is 1.95. The highest BCUT2D eigenvalue weighted by molar-refractivity contribution is 6.10. The van der Waals surface area contributed by atoms with Crippen molar-refractivity contribution in [3.63, 3.8) is 0 Å². The molecule has 0 N–H and O–H groups in total. The van der Waals surface area contributed by atoms with Crippen molar-refractivity contribution in [2.24, 2.45) is 0 Å². The van der Waals surface area contributed by atoms with Gasteiger partial charge < -0.3 is 9.47 Å². The Bertz CT molecular complexity index is 655. The number of carbonyl (C=O) groups excluding carboxylic acids is 1. The van der Waals surface area contributed by atoms with Crippen LogP contribution in [0.2, 0.25) is 0 Å². The molecule has 0 unspecified atom stereocenters. The largest absolute Gasteiger partial charge is 0.496 e. The van der Waals surface area contributed by atoms with Crippen LogP contribution in [0.1, 0.15) is 15.9 Å². The van der Waals surface area contributed by atoms with E-state index in [1.54, 1.807) is 36.4 Å². The first-order valence-electron chi connectivity index (χ1n) is 6.35. The normalized spacial score (nSPS) is 10.6. The smallest absolute Gasteiger partial charge is 0.193 e. The zero-order chi connectivity index (χ0) is 15.2. The molecule has 0 bridgehead atoms.